The number of hydrogen-bond donors (Lipinski definition) is 2. The summed E-state index contributed by atoms with van der Waals surface area (Å²) >= 11 is 0. The van der Waals surface area contributed by atoms with Crippen LogP contribution >= 0.6 is 0 Å². The lowest BCUT2D eigenvalue weighted by Gasteiger charge is -2.13. The molecular weight excluding hydrogens is 230 g/mol. The first-order valence-corrected chi connectivity index (χ1v) is 7.46. The SMILES string of the molecule is O=C(NCC(O)C1CC1)C1CCS(=O)(=O)C1. The number of aliphatic hydroxyl groups is 1. The number of nitrogens with one attached hydrogen (secondary N) is 1. The van der Waals surface area contributed by atoms with E-state index in [4.69, 9.17) is 0 Å². The number of amides is 1. The third kappa shape index (κ3) is 2.95. The summed E-state index contributed by atoms with van der Waals surface area (Å²) in [5, 5.41) is 12.2. The minimum Gasteiger partial charge on any atom is -0.391 e. The highest BCUT2D eigenvalue weighted by Gasteiger charge is 2.34. The van der Waals surface area contributed by atoms with Crippen LogP contribution in [0.1, 0.15) is 19.3 Å². The lowest BCUT2D eigenvalue weighted by Crippen LogP contribution is -2.37. The summed E-state index contributed by atoms with van der Waals surface area (Å²) in [4.78, 5) is 11.6. The molecule has 0 bridgehead atoms. The third-order valence-corrected chi connectivity index (χ3v) is 5.02. The molecular formula is C10H17NO4S. The van der Waals surface area contributed by atoms with Crippen LogP contribution in [0.4, 0.5) is 0 Å². The molecule has 6 heteroatoms. The minimum absolute atomic E-state index is 0.0433. The molecule has 2 unspecified atom stereocenters. The van der Waals surface area contributed by atoms with Gasteiger partial charge in [-0.05, 0) is 25.2 Å². The highest BCUT2D eigenvalue weighted by Crippen LogP contribution is 2.32. The summed E-state index contributed by atoms with van der Waals surface area (Å²) in [5.74, 6) is -0.265. The van der Waals surface area contributed by atoms with E-state index in [2.05, 4.69) is 5.32 Å². The van der Waals surface area contributed by atoms with E-state index >= 15 is 0 Å². The third-order valence-electron chi connectivity index (χ3n) is 3.25. The summed E-state index contributed by atoms with van der Waals surface area (Å²) in [7, 11) is -3.01. The van der Waals surface area contributed by atoms with E-state index in [0.29, 0.717) is 12.3 Å². The molecule has 1 saturated heterocycles. The van der Waals surface area contributed by atoms with Crippen molar-refractivity contribution in [2.75, 3.05) is 18.1 Å². The molecule has 1 aliphatic carbocycles. The number of hydrogen-bond acceptors (Lipinski definition) is 4. The van der Waals surface area contributed by atoms with E-state index < -0.39 is 21.9 Å². The second-order valence-electron chi connectivity index (χ2n) is 4.75. The molecule has 0 aromatic rings. The van der Waals surface area contributed by atoms with Gasteiger partial charge < -0.3 is 10.4 Å². The summed E-state index contributed by atoms with van der Waals surface area (Å²) < 4.78 is 22.3. The smallest absolute Gasteiger partial charge is 0.224 e. The van der Waals surface area contributed by atoms with Crippen LogP contribution in [0.15, 0.2) is 0 Å². The Bertz CT molecular complexity index is 374. The van der Waals surface area contributed by atoms with Crippen LogP contribution in [0.25, 0.3) is 0 Å². The summed E-state index contributed by atoms with van der Waals surface area (Å²) in [6.45, 7) is 0.250. The van der Waals surface area contributed by atoms with Crippen molar-refractivity contribution in [2.45, 2.75) is 25.4 Å². The zero-order valence-corrected chi connectivity index (χ0v) is 9.87. The Labute approximate surface area is 95.1 Å². The molecule has 2 atom stereocenters. The van der Waals surface area contributed by atoms with E-state index in [1.165, 1.54) is 0 Å². The first kappa shape index (κ1) is 11.9. The molecule has 1 aliphatic heterocycles. The normalized spacial score (nSPS) is 29.9. The molecule has 2 N–H and O–H groups in total. The summed E-state index contributed by atoms with van der Waals surface area (Å²) in [6, 6.07) is 0. The Balaban J connectivity index is 1.75. The van der Waals surface area contributed by atoms with Gasteiger partial charge in [-0.15, -0.1) is 0 Å². The fourth-order valence-electron chi connectivity index (χ4n) is 2.00. The van der Waals surface area contributed by atoms with Gasteiger partial charge in [-0.1, -0.05) is 0 Å². The van der Waals surface area contributed by atoms with Gasteiger partial charge in [-0.3, -0.25) is 4.79 Å². The minimum atomic E-state index is -3.01. The fourth-order valence-corrected chi connectivity index (χ4v) is 3.74. The average Bonchev–Trinajstić information content (AvgIpc) is 2.99. The largest absolute Gasteiger partial charge is 0.391 e. The molecule has 92 valence electrons. The zero-order chi connectivity index (χ0) is 11.8. The van der Waals surface area contributed by atoms with Crippen molar-refractivity contribution < 1.29 is 18.3 Å². The van der Waals surface area contributed by atoms with Crippen LogP contribution < -0.4 is 5.32 Å². The predicted molar refractivity (Wildman–Crippen MR) is 58.5 cm³/mol. The molecule has 1 saturated carbocycles. The first-order chi connectivity index (χ1) is 7.48. The molecule has 0 aromatic heterocycles. The van der Waals surface area contributed by atoms with Crippen LogP contribution in [-0.4, -0.2) is 43.6 Å². The van der Waals surface area contributed by atoms with Gasteiger partial charge >= 0.3 is 0 Å². The second kappa shape index (κ2) is 4.33. The maximum atomic E-state index is 11.6. The lowest BCUT2D eigenvalue weighted by atomic mass is 10.1. The number of carbonyl (C=O) groups excluding carboxylic acids is 1. The Morgan fingerprint density at radius 2 is 2.06 bits per heavy atom. The molecule has 1 heterocycles. The molecule has 16 heavy (non-hydrogen) atoms. The number of aliphatic hydroxyl groups excluding tert-OH is 1. The molecule has 2 fully saturated rings. The van der Waals surface area contributed by atoms with E-state index in [1.54, 1.807) is 0 Å². The van der Waals surface area contributed by atoms with Crippen molar-refractivity contribution in [1.82, 2.24) is 5.32 Å². The quantitative estimate of drug-likeness (QED) is 0.688. The molecule has 2 aliphatic rings. The molecule has 1 amide bonds. The Morgan fingerprint density at radius 1 is 1.38 bits per heavy atom. The highest BCUT2D eigenvalue weighted by atomic mass is 32.2. The molecule has 0 aromatic carbocycles. The predicted octanol–water partition coefficient (Wildman–Crippen LogP) is -0.692. The highest BCUT2D eigenvalue weighted by molar-refractivity contribution is 7.91. The maximum Gasteiger partial charge on any atom is 0.224 e. The number of rotatable bonds is 4. The van der Waals surface area contributed by atoms with Gasteiger partial charge in [-0.2, -0.15) is 0 Å². The van der Waals surface area contributed by atoms with Crippen LogP contribution in [0.3, 0.4) is 0 Å². The molecule has 0 radical (unpaired) electrons. The van der Waals surface area contributed by atoms with Gasteiger partial charge in [0.15, 0.2) is 9.84 Å². The van der Waals surface area contributed by atoms with E-state index in [1.807, 2.05) is 0 Å². The van der Waals surface area contributed by atoms with Crippen LogP contribution in [-0.2, 0) is 14.6 Å². The lowest BCUT2D eigenvalue weighted by molar-refractivity contribution is -0.124. The van der Waals surface area contributed by atoms with Crippen molar-refractivity contribution in [2.24, 2.45) is 11.8 Å². The van der Waals surface area contributed by atoms with Gasteiger partial charge in [0.2, 0.25) is 5.91 Å². The van der Waals surface area contributed by atoms with Gasteiger partial charge in [0.05, 0.1) is 23.5 Å². The number of carbonyl (C=O) groups is 1. The molecule has 0 spiro atoms. The van der Waals surface area contributed by atoms with E-state index in [0.717, 1.165) is 12.8 Å². The number of sulfone groups is 1. The van der Waals surface area contributed by atoms with Crippen molar-refractivity contribution >= 4 is 15.7 Å². The Hall–Kier alpha value is -0.620. The molecule has 5 nitrogen and oxygen atoms in total. The van der Waals surface area contributed by atoms with Crippen molar-refractivity contribution in [1.29, 1.82) is 0 Å². The van der Waals surface area contributed by atoms with E-state index in [9.17, 15) is 18.3 Å². The van der Waals surface area contributed by atoms with E-state index in [-0.39, 0.29) is 24.0 Å². The zero-order valence-electron chi connectivity index (χ0n) is 9.05. The first-order valence-electron chi connectivity index (χ1n) is 5.64. The fraction of sp³-hybridized carbons (Fsp3) is 0.900. The van der Waals surface area contributed by atoms with Crippen molar-refractivity contribution in [3.63, 3.8) is 0 Å². The Morgan fingerprint density at radius 3 is 2.56 bits per heavy atom. The summed E-state index contributed by atoms with van der Waals surface area (Å²) in [6.07, 6.45) is 1.99. The molecule has 2 rings (SSSR count). The van der Waals surface area contributed by atoms with Crippen LogP contribution in [0.5, 0.6) is 0 Å². The van der Waals surface area contributed by atoms with Gasteiger partial charge in [0.25, 0.3) is 0 Å². The van der Waals surface area contributed by atoms with Crippen LogP contribution in [0.2, 0.25) is 0 Å². The standard InChI is InChI=1S/C10H17NO4S/c12-9(7-1-2-7)5-11-10(13)8-3-4-16(14,15)6-8/h7-9,12H,1-6H2,(H,11,13). The summed E-state index contributed by atoms with van der Waals surface area (Å²) in [5.41, 5.74) is 0. The Kier molecular flexibility index (Phi) is 3.21. The van der Waals surface area contributed by atoms with Gasteiger partial charge in [0, 0.05) is 6.54 Å². The average molecular weight is 247 g/mol. The maximum absolute atomic E-state index is 11.6. The topological polar surface area (TPSA) is 83.5 Å². The monoisotopic (exact) mass is 247 g/mol. The second-order valence-corrected chi connectivity index (χ2v) is 6.98. The van der Waals surface area contributed by atoms with Gasteiger partial charge in [-0.25, -0.2) is 8.42 Å². The van der Waals surface area contributed by atoms with Crippen molar-refractivity contribution in [3.05, 3.63) is 0 Å². The van der Waals surface area contributed by atoms with Crippen LogP contribution in [0, 0.1) is 11.8 Å². The van der Waals surface area contributed by atoms with Gasteiger partial charge in [0.1, 0.15) is 0 Å². The van der Waals surface area contributed by atoms with Crippen molar-refractivity contribution in [3.8, 4) is 0 Å².